The molecule has 0 bridgehead atoms. The fourth-order valence-electron chi connectivity index (χ4n) is 1.45. The van der Waals surface area contributed by atoms with Crippen molar-refractivity contribution < 1.29 is 19.1 Å². The average molecular weight is 301 g/mol. The van der Waals surface area contributed by atoms with E-state index in [1.807, 2.05) is 13.8 Å². The van der Waals surface area contributed by atoms with Crippen LogP contribution in [0.25, 0.3) is 0 Å². The van der Waals surface area contributed by atoms with E-state index in [1.165, 1.54) is 0 Å². The molecule has 0 aliphatic rings. The monoisotopic (exact) mass is 300 g/mol. The van der Waals surface area contributed by atoms with Crippen molar-refractivity contribution in [3.8, 4) is 11.5 Å². The van der Waals surface area contributed by atoms with Gasteiger partial charge in [0.15, 0.2) is 11.5 Å². The maximum Gasteiger partial charge on any atom is 0.325 e. The Labute approximate surface area is 122 Å². The number of halogens is 1. The summed E-state index contributed by atoms with van der Waals surface area (Å²) < 4.78 is 10.8. The van der Waals surface area contributed by atoms with E-state index in [4.69, 9.17) is 21.1 Å². The minimum atomic E-state index is -0.651. The number of carbonyl (C=O) groups excluding carboxylic acids is 2. The number of benzene rings is 1. The zero-order chi connectivity index (χ0) is 15.0. The van der Waals surface area contributed by atoms with Crippen molar-refractivity contribution in [2.45, 2.75) is 13.8 Å². The molecule has 3 amide bonds. The Morgan fingerprint density at radius 2 is 1.80 bits per heavy atom. The first kappa shape index (κ1) is 16.1. The number of urea groups is 1. The summed E-state index contributed by atoms with van der Waals surface area (Å²) in [6, 6.07) is 4.31. The molecule has 0 unspecified atom stereocenters. The van der Waals surface area contributed by atoms with Crippen LogP contribution in [0, 0.1) is 0 Å². The van der Waals surface area contributed by atoms with E-state index in [2.05, 4.69) is 10.6 Å². The van der Waals surface area contributed by atoms with E-state index in [0.29, 0.717) is 30.4 Å². The van der Waals surface area contributed by atoms with Gasteiger partial charge < -0.3 is 14.8 Å². The van der Waals surface area contributed by atoms with E-state index in [-0.39, 0.29) is 5.88 Å². The largest absolute Gasteiger partial charge is 0.490 e. The van der Waals surface area contributed by atoms with Crippen LogP contribution in [0.2, 0.25) is 0 Å². The van der Waals surface area contributed by atoms with Gasteiger partial charge in [-0.25, -0.2) is 4.79 Å². The third-order valence-electron chi connectivity index (χ3n) is 2.18. The first-order valence-electron chi connectivity index (χ1n) is 6.17. The zero-order valence-electron chi connectivity index (χ0n) is 11.4. The summed E-state index contributed by atoms with van der Waals surface area (Å²) in [4.78, 5) is 22.5. The van der Waals surface area contributed by atoms with Crippen molar-refractivity contribution in [3.63, 3.8) is 0 Å². The number of hydrogen-bond donors (Lipinski definition) is 2. The molecule has 0 aliphatic heterocycles. The van der Waals surface area contributed by atoms with Crippen LogP contribution < -0.4 is 20.1 Å². The van der Waals surface area contributed by atoms with Gasteiger partial charge in [0.05, 0.1) is 13.2 Å². The lowest BCUT2D eigenvalue weighted by atomic mass is 10.2. The standard InChI is InChI=1S/C13H17ClN2O4/c1-3-19-10-6-5-9(7-11(10)20-4-2)15-13(18)16-12(17)8-14/h5-7H,3-4,8H2,1-2H3,(H2,15,16,17,18). The summed E-state index contributed by atoms with van der Waals surface area (Å²) in [5, 5.41) is 4.59. The van der Waals surface area contributed by atoms with Crippen LogP contribution in [0.3, 0.4) is 0 Å². The van der Waals surface area contributed by atoms with E-state index in [0.717, 1.165) is 0 Å². The molecule has 110 valence electrons. The maximum atomic E-state index is 11.5. The van der Waals surface area contributed by atoms with Crippen molar-refractivity contribution in [1.29, 1.82) is 0 Å². The quantitative estimate of drug-likeness (QED) is 0.791. The van der Waals surface area contributed by atoms with Crippen LogP contribution in [0.15, 0.2) is 18.2 Å². The van der Waals surface area contributed by atoms with Crippen LogP contribution in [0.1, 0.15) is 13.8 Å². The Balaban J connectivity index is 2.78. The molecule has 0 saturated heterocycles. The van der Waals surface area contributed by atoms with Crippen molar-refractivity contribution in [2.75, 3.05) is 24.4 Å². The predicted octanol–water partition coefficient (Wildman–Crippen LogP) is 2.37. The molecule has 6 nitrogen and oxygen atoms in total. The van der Waals surface area contributed by atoms with Crippen LogP contribution >= 0.6 is 11.6 Å². The maximum absolute atomic E-state index is 11.5. The van der Waals surface area contributed by atoms with Crippen molar-refractivity contribution in [3.05, 3.63) is 18.2 Å². The molecule has 1 aromatic rings. The first-order valence-corrected chi connectivity index (χ1v) is 6.70. The van der Waals surface area contributed by atoms with Gasteiger partial charge >= 0.3 is 6.03 Å². The number of carbonyl (C=O) groups is 2. The van der Waals surface area contributed by atoms with Gasteiger partial charge in [-0.05, 0) is 26.0 Å². The third kappa shape index (κ3) is 4.97. The highest BCUT2D eigenvalue weighted by molar-refractivity contribution is 6.28. The summed E-state index contributed by atoms with van der Waals surface area (Å²) in [6.07, 6.45) is 0. The van der Waals surface area contributed by atoms with Gasteiger partial charge in [0.2, 0.25) is 5.91 Å². The summed E-state index contributed by atoms with van der Waals surface area (Å²) in [5.74, 6) is 0.272. The Kier molecular flexibility index (Phi) is 6.66. The molecule has 0 aromatic heterocycles. The minimum Gasteiger partial charge on any atom is -0.490 e. The molecule has 0 atom stereocenters. The van der Waals surface area contributed by atoms with E-state index >= 15 is 0 Å². The number of imide groups is 1. The first-order chi connectivity index (χ1) is 9.60. The summed E-state index contributed by atoms with van der Waals surface area (Å²) in [5.41, 5.74) is 0.483. The van der Waals surface area contributed by atoms with Crippen LogP contribution in [0.4, 0.5) is 10.5 Å². The Bertz CT molecular complexity index is 479. The molecule has 0 aliphatic carbocycles. The van der Waals surface area contributed by atoms with Crippen LogP contribution in [0.5, 0.6) is 11.5 Å². The second kappa shape index (κ2) is 8.27. The molecule has 20 heavy (non-hydrogen) atoms. The second-order valence-corrected chi connectivity index (χ2v) is 3.93. The molecule has 0 fully saturated rings. The van der Waals surface area contributed by atoms with E-state index in [9.17, 15) is 9.59 Å². The third-order valence-corrected chi connectivity index (χ3v) is 2.42. The average Bonchev–Trinajstić information content (AvgIpc) is 2.42. The van der Waals surface area contributed by atoms with Crippen LogP contribution in [-0.2, 0) is 4.79 Å². The predicted molar refractivity (Wildman–Crippen MR) is 76.7 cm³/mol. The molecule has 0 spiro atoms. The highest BCUT2D eigenvalue weighted by Gasteiger charge is 2.10. The fraction of sp³-hybridized carbons (Fsp3) is 0.385. The molecular formula is C13H17ClN2O4. The van der Waals surface area contributed by atoms with E-state index in [1.54, 1.807) is 18.2 Å². The summed E-state index contributed by atoms with van der Waals surface area (Å²) in [7, 11) is 0. The fourth-order valence-corrected chi connectivity index (χ4v) is 1.52. The normalized spacial score (nSPS) is 9.75. The number of amides is 3. The lowest BCUT2D eigenvalue weighted by Gasteiger charge is -2.13. The molecule has 0 radical (unpaired) electrons. The van der Waals surface area contributed by atoms with Gasteiger partial charge in [-0.2, -0.15) is 0 Å². The number of hydrogen-bond acceptors (Lipinski definition) is 4. The summed E-state index contributed by atoms with van der Waals surface area (Å²) in [6.45, 7) is 4.70. The Morgan fingerprint density at radius 1 is 1.15 bits per heavy atom. The molecule has 7 heteroatoms. The summed E-state index contributed by atoms with van der Waals surface area (Å²) >= 11 is 5.29. The minimum absolute atomic E-state index is 0.277. The van der Waals surface area contributed by atoms with Crippen molar-refractivity contribution >= 4 is 29.2 Å². The van der Waals surface area contributed by atoms with Crippen LogP contribution in [-0.4, -0.2) is 31.0 Å². The topological polar surface area (TPSA) is 76.7 Å². The molecule has 1 aromatic carbocycles. The van der Waals surface area contributed by atoms with Crippen molar-refractivity contribution in [1.82, 2.24) is 5.32 Å². The smallest absolute Gasteiger partial charge is 0.325 e. The van der Waals surface area contributed by atoms with Gasteiger partial charge in [0.1, 0.15) is 5.88 Å². The van der Waals surface area contributed by atoms with Gasteiger partial charge in [0, 0.05) is 11.8 Å². The molecule has 0 heterocycles. The zero-order valence-corrected chi connectivity index (χ0v) is 12.1. The van der Waals surface area contributed by atoms with Gasteiger partial charge in [0.25, 0.3) is 0 Å². The number of ether oxygens (including phenoxy) is 2. The lowest BCUT2D eigenvalue weighted by Crippen LogP contribution is -2.35. The number of rotatable bonds is 6. The number of anilines is 1. The highest BCUT2D eigenvalue weighted by atomic mass is 35.5. The van der Waals surface area contributed by atoms with Gasteiger partial charge in [-0.1, -0.05) is 0 Å². The Morgan fingerprint density at radius 3 is 2.40 bits per heavy atom. The number of alkyl halides is 1. The van der Waals surface area contributed by atoms with Crippen molar-refractivity contribution in [2.24, 2.45) is 0 Å². The highest BCUT2D eigenvalue weighted by Crippen LogP contribution is 2.30. The molecular weight excluding hydrogens is 284 g/mol. The SMILES string of the molecule is CCOc1ccc(NC(=O)NC(=O)CCl)cc1OCC. The molecule has 1 rings (SSSR count). The lowest BCUT2D eigenvalue weighted by molar-refractivity contribution is -0.117. The second-order valence-electron chi connectivity index (χ2n) is 3.66. The Hall–Kier alpha value is -1.95. The molecule has 0 saturated carbocycles. The van der Waals surface area contributed by atoms with E-state index < -0.39 is 11.9 Å². The number of nitrogens with one attached hydrogen (secondary N) is 2. The van der Waals surface area contributed by atoms with Gasteiger partial charge in [-0.15, -0.1) is 11.6 Å². The van der Waals surface area contributed by atoms with Gasteiger partial charge in [-0.3, -0.25) is 10.1 Å². The molecule has 2 N–H and O–H groups in total.